The number of aliphatic hydroxyl groups is 1. The van der Waals surface area contributed by atoms with Crippen LogP contribution in [0.15, 0.2) is 0 Å². The molecule has 0 saturated carbocycles. The molecule has 1 atom stereocenters. The first-order valence-corrected chi connectivity index (χ1v) is 2.75. The lowest BCUT2D eigenvalue weighted by molar-refractivity contribution is 0.311. The Bertz CT molecular complexity index is 35.2. The van der Waals surface area contributed by atoms with Crippen LogP contribution in [-0.4, -0.2) is 11.7 Å². The van der Waals surface area contributed by atoms with Crippen LogP contribution in [0.1, 0.15) is 20.3 Å². The second-order valence-electron chi connectivity index (χ2n) is 1.80. The molecule has 1 radical (unpaired) electrons. The van der Waals surface area contributed by atoms with Crippen LogP contribution in [0.4, 0.5) is 0 Å². The second-order valence-corrected chi connectivity index (χ2v) is 1.80. The number of rotatable bonds is 3. The minimum Gasteiger partial charge on any atom is -0.396 e. The normalized spacial score (nSPS) is 14.1. The molecule has 0 bridgehead atoms. The molecule has 0 saturated heterocycles. The van der Waals surface area contributed by atoms with Crippen LogP contribution in [0.3, 0.4) is 0 Å². The summed E-state index contributed by atoms with van der Waals surface area (Å²) >= 11 is 0. The first-order chi connectivity index (χ1) is 3.31. The third kappa shape index (κ3) is 3.80. The number of aliphatic hydroxyl groups excluding tert-OH is 1. The Hall–Kier alpha value is -0.0400. The smallest absolute Gasteiger partial charge is 0.0465 e. The molecule has 7 heavy (non-hydrogen) atoms. The topological polar surface area (TPSA) is 20.2 Å². The van der Waals surface area contributed by atoms with Crippen LogP contribution in [-0.2, 0) is 0 Å². The van der Waals surface area contributed by atoms with Gasteiger partial charge >= 0.3 is 0 Å². The molecule has 0 amide bonds. The van der Waals surface area contributed by atoms with E-state index in [0.717, 1.165) is 6.42 Å². The summed E-state index contributed by atoms with van der Waals surface area (Å²) in [5.41, 5.74) is 0. The van der Waals surface area contributed by atoms with Crippen molar-refractivity contribution in [3.63, 3.8) is 0 Å². The van der Waals surface area contributed by atoms with E-state index in [9.17, 15) is 0 Å². The zero-order chi connectivity index (χ0) is 5.70. The Morgan fingerprint density at radius 1 is 1.71 bits per heavy atom. The molecule has 1 heteroatoms. The standard InChI is InChI=1S/C6H13O/c1-3-6(2)4-5-7/h4,6-7H,3,5H2,1-2H3. The monoisotopic (exact) mass is 101 g/mol. The summed E-state index contributed by atoms with van der Waals surface area (Å²) in [4.78, 5) is 0. The van der Waals surface area contributed by atoms with E-state index in [-0.39, 0.29) is 6.61 Å². The predicted octanol–water partition coefficient (Wildman–Crippen LogP) is 1.23. The molecule has 0 heterocycles. The Morgan fingerprint density at radius 2 is 2.29 bits per heavy atom. The van der Waals surface area contributed by atoms with E-state index in [1.54, 1.807) is 0 Å². The van der Waals surface area contributed by atoms with E-state index in [0.29, 0.717) is 5.92 Å². The summed E-state index contributed by atoms with van der Waals surface area (Å²) in [6, 6.07) is 0. The Morgan fingerprint density at radius 3 is 2.43 bits per heavy atom. The lowest BCUT2D eigenvalue weighted by Crippen LogP contribution is -1.95. The summed E-state index contributed by atoms with van der Waals surface area (Å²) in [5, 5.41) is 8.31. The maximum absolute atomic E-state index is 8.31. The van der Waals surface area contributed by atoms with Crippen LogP contribution in [0.2, 0.25) is 0 Å². The van der Waals surface area contributed by atoms with Gasteiger partial charge in [0.25, 0.3) is 0 Å². The third-order valence-electron chi connectivity index (χ3n) is 1.15. The largest absolute Gasteiger partial charge is 0.396 e. The molecule has 0 aliphatic rings. The molecule has 0 aromatic carbocycles. The summed E-state index contributed by atoms with van der Waals surface area (Å²) in [6.45, 7) is 4.42. The molecule has 1 nitrogen and oxygen atoms in total. The first kappa shape index (κ1) is 6.96. The highest BCUT2D eigenvalue weighted by Gasteiger charge is 1.94. The molecule has 0 fully saturated rings. The van der Waals surface area contributed by atoms with Gasteiger partial charge in [-0.3, -0.25) is 0 Å². The van der Waals surface area contributed by atoms with E-state index in [4.69, 9.17) is 5.11 Å². The molecule has 0 aromatic heterocycles. The summed E-state index contributed by atoms with van der Waals surface area (Å²) < 4.78 is 0. The maximum atomic E-state index is 8.31. The van der Waals surface area contributed by atoms with Crippen LogP contribution >= 0.6 is 0 Å². The summed E-state index contributed by atoms with van der Waals surface area (Å²) in [5.74, 6) is 0.574. The van der Waals surface area contributed by atoms with Crippen LogP contribution in [0.25, 0.3) is 0 Å². The van der Waals surface area contributed by atoms with Crippen molar-refractivity contribution >= 4 is 0 Å². The average molecular weight is 101 g/mol. The van der Waals surface area contributed by atoms with Crippen molar-refractivity contribution in [1.82, 2.24) is 0 Å². The molecule has 0 aliphatic carbocycles. The highest BCUT2D eigenvalue weighted by atomic mass is 16.2. The van der Waals surface area contributed by atoms with Gasteiger partial charge in [0, 0.05) is 6.61 Å². The SMILES string of the molecule is CCC(C)[CH]CO. The molecule has 1 N–H and O–H groups in total. The number of hydrogen-bond donors (Lipinski definition) is 1. The summed E-state index contributed by atoms with van der Waals surface area (Å²) in [6.07, 6.45) is 3.03. The van der Waals surface area contributed by atoms with Gasteiger partial charge in [0.15, 0.2) is 0 Å². The van der Waals surface area contributed by atoms with Crippen molar-refractivity contribution < 1.29 is 5.11 Å². The van der Waals surface area contributed by atoms with Crippen molar-refractivity contribution in [3.8, 4) is 0 Å². The van der Waals surface area contributed by atoms with Gasteiger partial charge in [-0.25, -0.2) is 0 Å². The number of hydrogen-bond acceptors (Lipinski definition) is 1. The molecule has 0 rings (SSSR count). The maximum Gasteiger partial charge on any atom is 0.0465 e. The molecule has 43 valence electrons. The first-order valence-electron chi connectivity index (χ1n) is 2.75. The highest BCUT2D eigenvalue weighted by molar-refractivity contribution is 4.68. The molecule has 0 spiro atoms. The molecular weight excluding hydrogens is 88.1 g/mol. The fraction of sp³-hybridized carbons (Fsp3) is 0.833. The van der Waals surface area contributed by atoms with E-state index < -0.39 is 0 Å². The molecular formula is C6H13O. The quantitative estimate of drug-likeness (QED) is 0.567. The Labute approximate surface area is 45.4 Å². The zero-order valence-electron chi connectivity index (χ0n) is 5.02. The fourth-order valence-electron chi connectivity index (χ4n) is 0.347. The van der Waals surface area contributed by atoms with E-state index >= 15 is 0 Å². The van der Waals surface area contributed by atoms with Gasteiger partial charge < -0.3 is 5.11 Å². The minimum atomic E-state index is 0.217. The van der Waals surface area contributed by atoms with Crippen molar-refractivity contribution in [2.75, 3.05) is 6.61 Å². The third-order valence-corrected chi connectivity index (χ3v) is 1.15. The van der Waals surface area contributed by atoms with Gasteiger partial charge in [0.2, 0.25) is 0 Å². The molecule has 0 aromatic rings. The van der Waals surface area contributed by atoms with Gasteiger partial charge in [-0.1, -0.05) is 20.3 Å². The lowest BCUT2D eigenvalue weighted by Gasteiger charge is -2.01. The average Bonchev–Trinajstić information content (AvgIpc) is 1.68. The van der Waals surface area contributed by atoms with Crippen molar-refractivity contribution in [3.05, 3.63) is 6.42 Å². The fourth-order valence-corrected chi connectivity index (χ4v) is 0.347. The van der Waals surface area contributed by atoms with Gasteiger partial charge in [0.1, 0.15) is 0 Å². The van der Waals surface area contributed by atoms with Gasteiger partial charge in [0.05, 0.1) is 0 Å². The van der Waals surface area contributed by atoms with Gasteiger partial charge in [-0.05, 0) is 12.3 Å². The van der Waals surface area contributed by atoms with Crippen LogP contribution in [0.5, 0.6) is 0 Å². The Kier molecular flexibility index (Phi) is 4.10. The predicted molar refractivity (Wildman–Crippen MR) is 30.8 cm³/mol. The van der Waals surface area contributed by atoms with Crippen molar-refractivity contribution in [2.45, 2.75) is 20.3 Å². The minimum absolute atomic E-state index is 0.217. The molecule has 0 aliphatic heterocycles. The van der Waals surface area contributed by atoms with Crippen molar-refractivity contribution in [1.29, 1.82) is 0 Å². The van der Waals surface area contributed by atoms with Crippen LogP contribution < -0.4 is 0 Å². The lowest BCUT2D eigenvalue weighted by atomic mass is 10.1. The zero-order valence-corrected chi connectivity index (χ0v) is 5.02. The molecule has 1 unspecified atom stereocenters. The highest BCUT2D eigenvalue weighted by Crippen LogP contribution is 2.02. The van der Waals surface area contributed by atoms with Gasteiger partial charge in [-0.2, -0.15) is 0 Å². The van der Waals surface area contributed by atoms with E-state index in [1.165, 1.54) is 0 Å². The van der Waals surface area contributed by atoms with Crippen LogP contribution in [0, 0.1) is 12.3 Å². The summed E-state index contributed by atoms with van der Waals surface area (Å²) in [7, 11) is 0. The Balaban J connectivity index is 2.83. The van der Waals surface area contributed by atoms with E-state index in [2.05, 4.69) is 13.8 Å². The second kappa shape index (κ2) is 4.13. The van der Waals surface area contributed by atoms with Gasteiger partial charge in [-0.15, -0.1) is 0 Å². The van der Waals surface area contributed by atoms with Crippen molar-refractivity contribution in [2.24, 2.45) is 5.92 Å². The van der Waals surface area contributed by atoms with E-state index in [1.807, 2.05) is 6.42 Å².